The number of oxazole rings is 1. The highest BCUT2D eigenvalue weighted by Gasteiger charge is 2.23. The zero-order valence-corrected chi connectivity index (χ0v) is 18.8. The van der Waals surface area contributed by atoms with E-state index in [2.05, 4.69) is 37.7 Å². The molecule has 0 bridgehead atoms. The minimum atomic E-state index is -0.293. The fourth-order valence-electron chi connectivity index (χ4n) is 5.26. The Kier molecular flexibility index (Phi) is 5.23. The van der Waals surface area contributed by atoms with Crippen molar-refractivity contribution in [1.29, 1.82) is 5.26 Å². The molecule has 1 aromatic carbocycles. The van der Waals surface area contributed by atoms with Crippen LogP contribution in [0.25, 0.3) is 22.1 Å². The van der Waals surface area contributed by atoms with Crippen LogP contribution in [0.3, 0.4) is 0 Å². The number of pyridine rings is 1. The molecule has 0 unspecified atom stereocenters. The second kappa shape index (κ2) is 8.54. The predicted octanol–water partition coefficient (Wildman–Crippen LogP) is 4.13. The van der Waals surface area contributed by atoms with Gasteiger partial charge < -0.3 is 9.73 Å². The molecule has 3 aromatic heterocycles. The summed E-state index contributed by atoms with van der Waals surface area (Å²) in [5.74, 6) is 0.829. The van der Waals surface area contributed by atoms with Crippen molar-refractivity contribution in [3.05, 3.63) is 51.9 Å². The topological polar surface area (TPSA) is 122 Å². The van der Waals surface area contributed by atoms with Crippen LogP contribution in [0.4, 0.5) is 12.0 Å². The second-order valence-corrected chi connectivity index (χ2v) is 9.15. The van der Waals surface area contributed by atoms with E-state index < -0.39 is 0 Å². The number of nitrogens with one attached hydrogen (secondary N) is 2. The van der Waals surface area contributed by atoms with Gasteiger partial charge in [-0.1, -0.05) is 18.9 Å². The van der Waals surface area contributed by atoms with E-state index in [0.717, 1.165) is 62.7 Å². The molecule has 0 atom stereocenters. The molecule has 1 aliphatic carbocycles. The highest BCUT2D eigenvalue weighted by atomic mass is 16.4. The normalized spacial score (nSPS) is 17.4. The fraction of sp³-hybridized carbons (Fsp3) is 0.400. The van der Waals surface area contributed by atoms with Gasteiger partial charge in [-0.05, 0) is 68.5 Å². The molecule has 1 saturated heterocycles. The Balaban J connectivity index is 1.35. The predicted molar refractivity (Wildman–Crippen MR) is 128 cm³/mol. The molecule has 4 aromatic rings. The Bertz CT molecular complexity index is 1470. The van der Waals surface area contributed by atoms with Crippen LogP contribution in [0.5, 0.6) is 0 Å². The van der Waals surface area contributed by atoms with Crippen molar-refractivity contribution >= 4 is 34.1 Å². The Hall–Kier alpha value is -3.77. The van der Waals surface area contributed by atoms with E-state index in [4.69, 9.17) is 4.42 Å². The summed E-state index contributed by atoms with van der Waals surface area (Å²) in [5, 5.41) is 16.6. The third-order valence-corrected chi connectivity index (χ3v) is 7.03. The highest BCUT2D eigenvalue weighted by molar-refractivity contribution is 5.78. The number of nitrogens with zero attached hydrogens (tertiary/aromatic N) is 5. The number of hydrogen-bond acceptors (Lipinski definition) is 8. The standard InChI is InChI=1S/C25H25N7O2/c26-13-17-11-18-14-28-24(30-22(18)32(23(17)33)19-3-1-2-4-19)31-25-29-20-6-5-16(12-21(20)34-25)15-7-9-27-10-8-15/h5-6,11-12,14-15,19,27H,1-4,7-10H2,(H,28,29,30,31). The summed E-state index contributed by atoms with van der Waals surface area (Å²) in [6.45, 7) is 2.07. The summed E-state index contributed by atoms with van der Waals surface area (Å²) >= 11 is 0. The van der Waals surface area contributed by atoms with Gasteiger partial charge in [-0.15, -0.1) is 0 Å². The van der Waals surface area contributed by atoms with Crippen LogP contribution in [-0.4, -0.2) is 32.6 Å². The minimum Gasteiger partial charge on any atom is -0.423 e. The molecule has 9 heteroatoms. The van der Waals surface area contributed by atoms with Gasteiger partial charge in [-0.3, -0.25) is 14.7 Å². The van der Waals surface area contributed by atoms with Crippen LogP contribution in [0, 0.1) is 11.3 Å². The van der Waals surface area contributed by atoms with Crippen LogP contribution in [0.1, 0.15) is 61.6 Å². The van der Waals surface area contributed by atoms with Gasteiger partial charge in [0, 0.05) is 17.6 Å². The Morgan fingerprint density at radius 1 is 1.12 bits per heavy atom. The first-order valence-electron chi connectivity index (χ1n) is 11.9. The van der Waals surface area contributed by atoms with Crippen molar-refractivity contribution in [2.45, 2.75) is 50.5 Å². The van der Waals surface area contributed by atoms with Gasteiger partial charge in [-0.2, -0.15) is 15.2 Å². The Morgan fingerprint density at radius 3 is 2.74 bits per heavy atom. The molecule has 34 heavy (non-hydrogen) atoms. The Labute approximate surface area is 195 Å². The highest BCUT2D eigenvalue weighted by Crippen LogP contribution is 2.32. The van der Waals surface area contributed by atoms with Gasteiger partial charge in [0.05, 0.1) is 0 Å². The van der Waals surface area contributed by atoms with Crippen LogP contribution in [-0.2, 0) is 0 Å². The van der Waals surface area contributed by atoms with Crippen molar-refractivity contribution in [3.8, 4) is 6.07 Å². The molecule has 0 spiro atoms. The maximum absolute atomic E-state index is 13.0. The number of rotatable bonds is 4. The van der Waals surface area contributed by atoms with Gasteiger partial charge in [0.25, 0.3) is 5.56 Å². The van der Waals surface area contributed by atoms with Crippen molar-refractivity contribution in [3.63, 3.8) is 0 Å². The lowest BCUT2D eigenvalue weighted by molar-refractivity contribution is 0.460. The number of anilines is 2. The number of hydrogen-bond donors (Lipinski definition) is 2. The largest absolute Gasteiger partial charge is 0.423 e. The zero-order chi connectivity index (χ0) is 23.1. The van der Waals surface area contributed by atoms with E-state index >= 15 is 0 Å². The lowest BCUT2D eigenvalue weighted by Gasteiger charge is -2.22. The molecular weight excluding hydrogens is 430 g/mol. The number of aromatic nitrogens is 4. The lowest BCUT2D eigenvalue weighted by atomic mass is 9.90. The average Bonchev–Trinajstić information content (AvgIpc) is 3.53. The van der Waals surface area contributed by atoms with Crippen molar-refractivity contribution in [1.82, 2.24) is 24.8 Å². The summed E-state index contributed by atoms with van der Waals surface area (Å²) in [4.78, 5) is 26.5. The first-order valence-corrected chi connectivity index (χ1v) is 11.9. The van der Waals surface area contributed by atoms with Gasteiger partial charge in [0.1, 0.15) is 22.8 Å². The summed E-state index contributed by atoms with van der Waals surface area (Å²) in [6.07, 6.45) is 7.80. The molecule has 0 radical (unpaired) electrons. The summed E-state index contributed by atoms with van der Waals surface area (Å²) in [5.41, 5.74) is 3.11. The van der Waals surface area contributed by atoms with Gasteiger partial charge in [0.15, 0.2) is 5.58 Å². The molecule has 2 aliphatic rings. The van der Waals surface area contributed by atoms with E-state index in [1.54, 1.807) is 16.8 Å². The lowest BCUT2D eigenvalue weighted by Crippen LogP contribution is -2.26. The van der Waals surface area contributed by atoms with Crippen molar-refractivity contribution in [2.75, 3.05) is 18.4 Å². The molecule has 1 aliphatic heterocycles. The van der Waals surface area contributed by atoms with Gasteiger partial charge >= 0.3 is 6.01 Å². The first kappa shape index (κ1) is 20.8. The van der Waals surface area contributed by atoms with E-state index in [9.17, 15) is 10.1 Å². The Morgan fingerprint density at radius 2 is 1.94 bits per heavy atom. The summed E-state index contributed by atoms with van der Waals surface area (Å²) < 4.78 is 7.65. The molecule has 2 N–H and O–H groups in total. The second-order valence-electron chi connectivity index (χ2n) is 9.15. The van der Waals surface area contributed by atoms with Crippen LogP contribution in [0.2, 0.25) is 0 Å². The molecule has 6 rings (SSSR count). The van der Waals surface area contributed by atoms with E-state index in [-0.39, 0.29) is 17.2 Å². The average molecular weight is 456 g/mol. The third kappa shape index (κ3) is 3.70. The van der Waals surface area contributed by atoms with Crippen LogP contribution in [0.15, 0.2) is 39.7 Å². The number of fused-ring (bicyclic) bond motifs is 2. The molecule has 4 heterocycles. The minimum absolute atomic E-state index is 0.0452. The monoisotopic (exact) mass is 455 g/mol. The fourth-order valence-corrected chi connectivity index (χ4v) is 5.26. The smallest absolute Gasteiger partial charge is 0.302 e. The SMILES string of the molecule is N#Cc1cc2cnc(Nc3nc4ccc(C5CCNCC5)cc4o3)nc2n(C2CCCC2)c1=O. The molecule has 1 saturated carbocycles. The maximum atomic E-state index is 13.0. The van der Waals surface area contributed by atoms with E-state index in [1.165, 1.54) is 5.56 Å². The molecule has 2 fully saturated rings. The number of nitriles is 1. The third-order valence-electron chi connectivity index (χ3n) is 7.03. The van der Waals surface area contributed by atoms with Gasteiger partial charge in [-0.25, -0.2) is 4.98 Å². The van der Waals surface area contributed by atoms with E-state index in [0.29, 0.717) is 28.9 Å². The first-order chi connectivity index (χ1) is 16.7. The molecule has 172 valence electrons. The summed E-state index contributed by atoms with van der Waals surface area (Å²) in [6, 6.07) is 10.1. The molecule has 0 amide bonds. The van der Waals surface area contributed by atoms with Crippen molar-refractivity contribution in [2.24, 2.45) is 0 Å². The number of benzene rings is 1. The zero-order valence-electron chi connectivity index (χ0n) is 18.8. The summed E-state index contributed by atoms with van der Waals surface area (Å²) in [7, 11) is 0. The van der Waals surface area contributed by atoms with Gasteiger partial charge in [0.2, 0.25) is 5.95 Å². The quantitative estimate of drug-likeness (QED) is 0.471. The maximum Gasteiger partial charge on any atom is 0.302 e. The molecular formula is C25H25N7O2. The van der Waals surface area contributed by atoms with Crippen LogP contribution >= 0.6 is 0 Å². The van der Waals surface area contributed by atoms with Crippen LogP contribution < -0.4 is 16.2 Å². The number of piperidine rings is 1. The van der Waals surface area contributed by atoms with E-state index in [1.807, 2.05) is 12.1 Å². The molecule has 9 nitrogen and oxygen atoms in total. The van der Waals surface area contributed by atoms with Crippen molar-refractivity contribution < 1.29 is 4.42 Å².